The number of nitrogens with one attached hydrogen (secondary N) is 2. The van der Waals surface area contributed by atoms with Crippen LogP contribution in [0.5, 0.6) is 0 Å². The summed E-state index contributed by atoms with van der Waals surface area (Å²) in [5.74, 6) is -1.49. The monoisotopic (exact) mass is 452 g/mol. The zero-order chi connectivity index (χ0) is 23.8. The van der Waals surface area contributed by atoms with Gasteiger partial charge in [0.2, 0.25) is 5.91 Å². The average Bonchev–Trinajstić information content (AvgIpc) is 3.11. The molecule has 0 fully saturated rings. The van der Waals surface area contributed by atoms with Crippen LogP contribution in [0.1, 0.15) is 63.0 Å². The van der Waals surface area contributed by atoms with Crippen molar-refractivity contribution >= 4 is 18.0 Å². The average molecular weight is 453 g/mol. The van der Waals surface area contributed by atoms with Crippen molar-refractivity contribution in [3.05, 3.63) is 59.7 Å². The van der Waals surface area contributed by atoms with Crippen LogP contribution in [0.2, 0.25) is 0 Å². The van der Waals surface area contributed by atoms with Gasteiger partial charge in [-0.1, -0.05) is 75.2 Å². The van der Waals surface area contributed by atoms with Crippen molar-refractivity contribution in [2.75, 3.05) is 6.61 Å². The van der Waals surface area contributed by atoms with Crippen molar-refractivity contribution < 1.29 is 24.2 Å². The summed E-state index contributed by atoms with van der Waals surface area (Å²) in [4.78, 5) is 36.2. The van der Waals surface area contributed by atoms with Crippen molar-refractivity contribution in [1.82, 2.24) is 10.6 Å². The van der Waals surface area contributed by atoms with E-state index in [1.54, 1.807) is 0 Å². The van der Waals surface area contributed by atoms with Crippen molar-refractivity contribution in [3.63, 3.8) is 0 Å². The second kappa shape index (κ2) is 11.5. The summed E-state index contributed by atoms with van der Waals surface area (Å²) in [7, 11) is 0. The smallest absolute Gasteiger partial charge is 0.407 e. The van der Waals surface area contributed by atoms with E-state index in [2.05, 4.69) is 34.9 Å². The molecule has 1 aliphatic carbocycles. The minimum atomic E-state index is -1.05. The Balaban J connectivity index is 1.58. The number of amides is 2. The Bertz CT molecular complexity index is 945. The Morgan fingerprint density at radius 1 is 0.909 bits per heavy atom. The number of aliphatic carboxylic acids is 1. The maximum absolute atomic E-state index is 12.6. The standard InChI is InChI=1S/C26H32N2O5/c1-3-9-17(15-24(29)28-23(10-4-2)25(30)31)27-26(32)33-16-22-20-13-7-5-11-18(20)19-12-6-8-14-21(19)22/h5-8,11-14,17,22-23H,3-4,9-10,15-16H2,1-2H3,(H,27,32)(H,28,29)(H,30,31)/t17-,23?/m0/s1. The number of carboxylic acids is 1. The molecule has 0 spiro atoms. The first-order valence-corrected chi connectivity index (χ1v) is 11.6. The highest BCUT2D eigenvalue weighted by atomic mass is 16.5. The summed E-state index contributed by atoms with van der Waals surface area (Å²) in [5, 5.41) is 14.6. The van der Waals surface area contributed by atoms with Gasteiger partial charge >= 0.3 is 12.1 Å². The molecule has 1 unspecified atom stereocenters. The lowest BCUT2D eigenvalue weighted by atomic mass is 9.98. The number of ether oxygens (including phenoxy) is 1. The van der Waals surface area contributed by atoms with E-state index >= 15 is 0 Å². The largest absolute Gasteiger partial charge is 0.480 e. The molecule has 0 aliphatic heterocycles. The van der Waals surface area contributed by atoms with Gasteiger partial charge in [0.25, 0.3) is 0 Å². The van der Waals surface area contributed by atoms with Crippen LogP contribution in [0.25, 0.3) is 11.1 Å². The van der Waals surface area contributed by atoms with Crippen LogP contribution in [-0.4, -0.2) is 41.8 Å². The first-order valence-electron chi connectivity index (χ1n) is 11.6. The van der Waals surface area contributed by atoms with Gasteiger partial charge in [-0.25, -0.2) is 9.59 Å². The molecule has 2 amide bonds. The fraction of sp³-hybridized carbons (Fsp3) is 0.423. The van der Waals surface area contributed by atoms with E-state index in [4.69, 9.17) is 4.74 Å². The molecule has 176 valence electrons. The molecule has 0 aromatic heterocycles. The second-order valence-electron chi connectivity index (χ2n) is 8.41. The SMILES string of the molecule is CCCC(NC(=O)C[C@H](CCC)NC(=O)OCC1c2ccccc2-c2ccccc21)C(=O)O. The summed E-state index contributed by atoms with van der Waals surface area (Å²) >= 11 is 0. The Hall–Kier alpha value is -3.35. The number of hydrogen-bond donors (Lipinski definition) is 3. The highest BCUT2D eigenvalue weighted by Gasteiger charge is 2.29. The number of alkyl carbamates (subject to hydrolysis) is 1. The maximum Gasteiger partial charge on any atom is 0.407 e. The van der Waals surface area contributed by atoms with Crippen LogP contribution in [0.4, 0.5) is 4.79 Å². The lowest BCUT2D eigenvalue weighted by Gasteiger charge is -2.20. The van der Waals surface area contributed by atoms with Crippen LogP contribution in [0, 0.1) is 0 Å². The molecule has 3 rings (SSSR count). The first kappa shape index (κ1) is 24.3. The Labute approximate surface area is 194 Å². The Morgan fingerprint density at radius 2 is 1.48 bits per heavy atom. The van der Waals surface area contributed by atoms with Crippen molar-refractivity contribution in [3.8, 4) is 11.1 Å². The first-order chi connectivity index (χ1) is 15.9. The number of benzene rings is 2. The number of rotatable bonds is 11. The molecule has 7 nitrogen and oxygen atoms in total. The molecule has 1 aliphatic rings. The molecule has 0 heterocycles. The van der Waals surface area contributed by atoms with E-state index in [9.17, 15) is 19.5 Å². The van der Waals surface area contributed by atoms with Crippen LogP contribution in [0.15, 0.2) is 48.5 Å². The van der Waals surface area contributed by atoms with Gasteiger partial charge in [-0.2, -0.15) is 0 Å². The van der Waals surface area contributed by atoms with Crippen LogP contribution < -0.4 is 10.6 Å². The highest BCUT2D eigenvalue weighted by molar-refractivity contribution is 5.84. The third kappa shape index (κ3) is 6.12. The molecule has 0 bridgehead atoms. The van der Waals surface area contributed by atoms with Gasteiger partial charge < -0.3 is 20.5 Å². The zero-order valence-corrected chi connectivity index (χ0v) is 19.2. The predicted octanol–water partition coefficient (Wildman–Crippen LogP) is 4.45. The predicted molar refractivity (Wildman–Crippen MR) is 126 cm³/mol. The molecule has 0 saturated carbocycles. The fourth-order valence-corrected chi connectivity index (χ4v) is 4.40. The maximum atomic E-state index is 12.6. The van der Waals surface area contributed by atoms with E-state index < -0.39 is 30.1 Å². The number of hydrogen-bond acceptors (Lipinski definition) is 4. The lowest BCUT2D eigenvalue weighted by Crippen LogP contribution is -2.44. The topological polar surface area (TPSA) is 105 Å². The Morgan fingerprint density at radius 3 is 2.03 bits per heavy atom. The van der Waals surface area contributed by atoms with Gasteiger partial charge in [-0.3, -0.25) is 4.79 Å². The van der Waals surface area contributed by atoms with E-state index in [1.165, 1.54) is 0 Å². The molecule has 2 aromatic rings. The van der Waals surface area contributed by atoms with E-state index in [0.29, 0.717) is 19.3 Å². The minimum absolute atomic E-state index is 0.00549. The molecule has 33 heavy (non-hydrogen) atoms. The van der Waals surface area contributed by atoms with Crippen molar-refractivity contribution in [2.24, 2.45) is 0 Å². The van der Waals surface area contributed by atoms with E-state index in [0.717, 1.165) is 28.7 Å². The van der Waals surface area contributed by atoms with Gasteiger partial charge in [-0.05, 0) is 35.1 Å². The summed E-state index contributed by atoms with van der Waals surface area (Å²) in [6.45, 7) is 4.02. The molecule has 2 aromatic carbocycles. The third-order valence-corrected chi connectivity index (χ3v) is 5.95. The van der Waals surface area contributed by atoms with Gasteiger partial charge in [-0.15, -0.1) is 0 Å². The van der Waals surface area contributed by atoms with Gasteiger partial charge in [0.15, 0.2) is 0 Å². The van der Waals surface area contributed by atoms with Crippen LogP contribution in [0.3, 0.4) is 0 Å². The third-order valence-electron chi connectivity index (χ3n) is 5.95. The minimum Gasteiger partial charge on any atom is -0.480 e. The van der Waals surface area contributed by atoms with Gasteiger partial charge in [0, 0.05) is 18.4 Å². The molecule has 0 saturated heterocycles. The second-order valence-corrected chi connectivity index (χ2v) is 8.41. The van der Waals surface area contributed by atoms with Crippen LogP contribution in [-0.2, 0) is 14.3 Å². The fourth-order valence-electron chi connectivity index (χ4n) is 4.40. The van der Waals surface area contributed by atoms with Gasteiger partial charge in [0.05, 0.1) is 0 Å². The number of carbonyl (C=O) groups is 3. The number of fused-ring (bicyclic) bond motifs is 3. The van der Waals surface area contributed by atoms with Crippen molar-refractivity contribution in [1.29, 1.82) is 0 Å². The molecule has 2 atom stereocenters. The van der Waals surface area contributed by atoms with Crippen molar-refractivity contribution in [2.45, 2.75) is 64.0 Å². The summed E-state index contributed by atoms with van der Waals surface area (Å²) in [6, 6.07) is 14.9. The summed E-state index contributed by atoms with van der Waals surface area (Å²) < 4.78 is 5.58. The van der Waals surface area contributed by atoms with Crippen LogP contribution >= 0.6 is 0 Å². The summed E-state index contributed by atoms with van der Waals surface area (Å²) in [6.07, 6.45) is 1.78. The zero-order valence-electron chi connectivity index (χ0n) is 19.2. The molecule has 0 radical (unpaired) electrons. The molecule has 7 heteroatoms. The number of carboxylic acid groups (broad SMARTS) is 1. The Kier molecular flexibility index (Phi) is 8.46. The molecular weight excluding hydrogens is 420 g/mol. The molecular formula is C26H32N2O5. The van der Waals surface area contributed by atoms with E-state index in [-0.39, 0.29) is 18.9 Å². The normalized spacial score (nSPS) is 14.0. The quantitative estimate of drug-likeness (QED) is 0.467. The lowest BCUT2D eigenvalue weighted by molar-refractivity contribution is -0.142. The van der Waals surface area contributed by atoms with Gasteiger partial charge in [0.1, 0.15) is 12.6 Å². The van der Waals surface area contributed by atoms with E-state index in [1.807, 2.05) is 38.1 Å². The number of carbonyl (C=O) groups excluding carboxylic acids is 2. The summed E-state index contributed by atoms with van der Waals surface area (Å²) in [5.41, 5.74) is 4.57. The molecule has 3 N–H and O–H groups in total. The highest BCUT2D eigenvalue weighted by Crippen LogP contribution is 2.44.